The van der Waals surface area contributed by atoms with Gasteiger partial charge in [0.1, 0.15) is 6.04 Å². The van der Waals surface area contributed by atoms with Gasteiger partial charge in [-0.3, -0.25) is 14.5 Å². The lowest BCUT2D eigenvalue weighted by Crippen LogP contribution is -2.31. The molecule has 5 nitrogen and oxygen atoms in total. The highest BCUT2D eigenvalue weighted by Gasteiger charge is 2.36. The third kappa shape index (κ3) is 3.39. The molecule has 112 valence electrons. The van der Waals surface area contributed by atoms with Crippen molar-refractivity contribution in [3.63, 3.8) is 0 Å². The van der Waals surface area contributed by atoms with Crippen molar-refractivity contribution in [1.82, 2.24) is 5.32 Å². The van der Waals surface area contributed by atoms with Crippen LogP contribution >= 0.6 is 12.2 Å². The van der Waals surface area contributed by atoms with Crippen molar-refractivity contribution in [3.8, 4) is 0 Å². The van der Waals surface area contributed by atoms with Gasteiger partial charge in [0.25, 0.3) is 5.91 Å². The molecule has 1 atom stereocenters. The second-order valence-electron chi connectivity index (χ2n) is 5.14. The average molecular weight is 306 g/mol. The molecule has 21 heavy (non-hydrogen) atoms. The summed E-state index contributed by atoms with van der Waals surface area (Å²) >= 11 is 5.25. The molecule has 0 bridgehead atoms. The first-order valence-electron chi connectivity index (χ1n) is 6.72. The monoisotopic (exact) mass is 306 g/mol. The number of carbonyl (C=O) groups is 2. The lowest BCUT2D eigenvalue weighted by Gasteiger charge is -2.16. The summed E-state index contributed by atoms with van der Waals surface area (Å²) in [5, 5.41) is 3.35. The van der Waals surface area contributed by atoms with Crippen molar-refractivity contribution in [2.75, 3.05) is 12.0 Å². The van der Waals surface area contributed by atoms with Gasteiger partial charge in [0.2, 0.25) is 0 Å². The van der Waals surface area contributed by atoms with Crippen LogP contribution in [0.25, 0.3) is 0 Å². The van der Waals surface area contributed by atoms with E-state index in [4.69, 9.17) is 12.2 Å². The number of esters is 1. The number of aryl methyl sites for hydroxylation is 2. The van der Waals surface area contributed by atoms with Gasteiger partial charge < -0.3 is 10.1 Å². The fourth-order valence-electron chi connectivity index (χ4n) is 2.42. The summed E-state index contributed by atoms with van der Waals surface area (Å²) in [6.45, 7) is 3.95. The Hall–Kier alpha value is -1.95. The number of benzene rings is 1. The second-order valence-corrected chi connectivity index (χ2v) is 5.52. The molecule has 0 aliphatic carbocycles. The summed E-state index contributed by atoms with van der Waals surface area (Å²) in [7, 11) is 1.33. The Morgan fingerprint density at radius 3 is 2.52 bits per heavy atom. The van der Waals surface area contributed by atoms with E-state index in [-0.39, 0.29) is 18.3 Å². The minimum absolute atomic E-state index is 0.131. The van der Waals surface area contributed by atoms with Crippen LogP contribution in [0.15, 0.2) is 18.2 Å². The van der Waals surface area contributed by atoms with Crippen LogP contribution in [0.3, 0.4) is 0 Å². The zero-order valence-electron chi connectivity index (χ0n) is 12.3. The second kappa shape index (κ2) is 6.22. The lowest BCUT2D eigenvalue weighted by atomic mass is 10.1. The van der Waals surface area contributed by atoms with Gasteiger partial charge in [-0.2, -0.15) is 0 Å². The fourth-order valence-corrected chi connectivity index (χ4v) is 2.75. The van der Waals surface area contributed by atoms with E-state index in [2.05, 4.69) is 10.1 Å². The maximum atomic E-state index is 12.5. The van der Waals surface area contributed by atoms with Gasteiger partial charge in [-0.05, 0) is 55.7 Å². The molecule has 0 saturated carbocycles. The number of anilines is 1. The van der Waals surface area contributed by atoms with Gasteiger partial charge in [-0.1, -0.05) is 6.07 Å². The van der Waals surface area contributed by atoms with Gasteiger partial charge in [-0.15, -0.1) is 0 Å². The van der Waals surface area contributed by atoms with Crippen molar-refractivity contribution in [2.45, 2.75) is 32.7 Å². The zero-order valence-corrected chi connectivity index (χ0v) is 13.1. The highest BCUT2D eigenvalue weighted by molar-refractivity contribution is 7.80. The van der Waals surface area contributed by atoms with Crippen LogP contribution in [0.1, 0.15) is 24.0 Å². The van der Waals surface area contributed by atoms with E-state index in [1.54, 1.807) is 0 Å². The molecule has 0 spiro atoms. The van der Waals surface area contributed by atoms with Crippen molar-refractivity contribution in [3.05, 3.63) is 29.3 Å². The Morgan fingerprint density at radius 1 is 1.33 bits per heavy atom. The van der Waals surface area contributed by atoms with E-state index >= 15 is 0 Å². The molecule has 1 heterocycles. The standard InChI is InChI=1S/C15H18N2O3S/c1-9-6-10(2)8-11(7-9)17-14(19)12(16-15(17)21)4-5-13(18)20-3/h6-8,12H,4-5H2,1-3H3,(H,16,21)/t12-/m0/s1. The Morgan fingerprint density at radius 2 is 1.95 bits per heavy atom. The number of carbonyl (C=O) groups excluding carboxylic acids is 2. The molecule has 1 fully saturated rings. The molecule has 0 unspecified atom stereocenters. The molecule has 1 N–H and O–H groups in total. The van der Waals surface area contributed by atoms with Crippen LogP contribution in [0, 0.1) is 13.8 Å². The first kappa shape index (κ1) is 15.4. The molecule has 1 aromatic carbocycles. The highest BCUT2D eigenvalue weighted by Crippen LogP contribution is 2.24. The first-order valence-corrected chi connectivity index (χ1v) is 7.13. The van der Waals surface area contributed by atoms with Crippen LogP contribution in [-0.4, -0.2) is 30.1 Å². The summed E-state index contributed by atoms with van der Waals surface area (Å²) in [6.07, 6.45) is 0.552. The minimum atomic E-state index is -0.475. The molecular weight excluding hydrogens is 288 g/mol. The van der Waals surface area contributed by atoms with Crippen LogP contribution in [-0.2, 0) is 14.3 Å². The molecule has 1 aromatic rings. The van der Waals surface area contributed by atoms with Crippen molar-refractivity contribution < 1.29 is 14.3 Å². The average Bonchev–Trinajstić information content (AvgIpc) is 2.69. The van der Waals surface area contributed by atoms with Gasteiger partial charge in [0.05, 0.1) is 12.8 Å². The topological polar surface area (TPSA) is 58.6 Å². The molecule has 0 radical (unpaired) electrons. The number of methoxy groups -OCH3 is 1. The number of thiocarbonyl (C=S) groups is 1. The van der Waals surface area contributed by atoms with Crippen LogP contribution < -0.4 is 10.2 Å². The molecule has 0 aromatic heterocycles. The minimum Gasteiger partial charge on any atom is -0.469 e. The Labute approximate surface area is 129 Å². The quantitative estimate of drug-likeness (QED) is 0.679. The van der Waals surface area contributed by atoms with Crippen LogP contribution in [0.2, 0.25) is 0 Å². The summed E-state index contributed by atoms with van der Waals surface area (Å²) < 4.78 is 4.59. The summed E-state index contributed by atoms with van der Waals surface area (Å²) in [4.78, 5) is 25.2. The third-order valence-electron chi connectivity index (χ3n) is 3.35. The van der Waals surface area contributed by atoms with Crippen LogP contribution in [0.4, 0.5) is 5.69 Å². The number of nitrogens with zero attached hydrogens (tertiary/aromatic N) is 1. The van der Waals surface area contributed by atoms with Crippen molar-refractivity contribution in [1.29, 1.82) is 0 Å². The van der Waals surface area contributed by atoms with Crippen LogP contribution in [0.5, 0.6) is 0 Å². The Balaban J connectivity index is 2.16. The SMILES string of the molecule is COC(=O)CC[C@@H]1NC(=S)N(c2cc(C)cc(C)c2)C1=O. The number of nitrogens with one attached hydrogen (secondary N) is 1. The molecule has 6 heteroatoms. The number of amides is 1. The number of rotatable bonds is 4. The molecule has 2 rings (SSSR count). The molecule has 1 amide bonds. The zero-order chi connectivity index (χ0) is 15.6. The van der Waals surface area contributed by atoms with Gasteiger partial charge in [0.15, 0.2) is 5.11 Å². The predicted molar refractivity (Wildman–Crippen MR) is 84.2 cm³/mol. The number of hydrogen-bond acceptors (Lipinski definition) is 4. The Bertz CT molecular complexity index is 580. The van der Waals surface area contributed by atoms with E-state index in [1.165, 1.54) is 12.0 Å². The van der Waals surface area contributed by atoms with Crippen molar-refractivity contribution >= 4 is 34.9 Å². The predicted octanol–water partition coefficient (Wildman–Crippen LogP) is 1.85. The number of hydrogen-bond donors (Lipinski definition) is 1. The van der Waals surface area contributed by atoms with E-state index in [0.29, 0.717) is 11.5 Å². The first-order chi connectivity index (χ1) is 9.92. The molecule has 1 aliphatic heterocycles. The van der Waals surface area contributed by atoms with Gasteiger partial charge >= 0.3 is 5.97 Å². The summed E-state index contributed by atoms with van der Waals surface area (Å²) in [5.74, 6) is -0.464. The maximum Gasteiger partial charge on any atom is 0.305 e. The van der Waals surface area contributed by atoms with E-state index < -0.39 is 6.04 Å². The van der Waals surface area contributed by atoms with Crippen molar-refractivity contribution in [2.24, 2.45) is 0 Å². The van der Waals surface area contributed by atoms with Gasteiger partial charge in [-0.25, -0.2) is 0 Å². The lowest BCUT2D eigenvalue weighted by molar-refractivity contribution is -0.140. The summed E-state index contributed by atoms with van der Waals surface area (Å²) in [5.41, 5.74) is 2.90. The Kier molecular flexibility index (Phi) is 4.57. The molecule has 1 aliphatic rings. The van der Waals surface area contributed by atoms with E-state index in [0.717, 1.165) is 16.8 Å². The van der Waals surface area contributed by atoms with Gasteiger partial charge in [0, 0.05) is 6.42 Å². The maximum absolute atomic E-state index is 12.5. The van der Waals surface area contributed by atoms with E-state index in [9.17, 15) is 9.59 Å². The third-order valence-corrected chi connectivity index (χ3v) is 3.65. The van der Waals surface area contributed by atoms with E-state index in [1.807, 2.05) is 32.0 Å². The molecule has 1 saturated heterocycles. The number of ether oxygens (including phenoxy) is 1. The molecular formula is C15H18N2O3S. The summed E-state index contributed by atoms with van der Waals surface area (Å²) in [6, 6.07) is 5.40. The normalized spacial score (nSPS) is 17.9. The fraction of sp³-hybridized carbons (Fsp3) is 0.400. The highest BCUT2D eigenvalue weighted by atomic mass is 32.1. The smallest absolute Gasteiger partial charge is 0.305 e. The largest absolute Gasteiger partial charge is 0.469 e.